The number of nitrogens with zero attached hydrogens (tertiary/aromatic N) is 3. The number of hydrogen-bond donors (Lipinski definition) is 2. The lowest BCUT2D eigenvalue weighted by molar-refractivity contribution is -0.119. The quantitative estimate of drug-likeness (QED) is 0.741. The van der Waals surface area contributed by atoms with E-state index in [1.807, 2.05) is 36.4 Å². The molecule has 7 heteroatoms. The summed E-state index contributed by atoms with van der Waals surface area (Å²) in [5.74, 6) is -0.508. The summed E-state index contributed by atoms with van der Waals surface area (Å²) in [6, 6.07) is 10.8. The number of carbonyl (C=O) groups excluding carboxylic acids is 1. The molecule has 0 aliphatic heterocycles. The monoisotopic (exact) mass is 325 g/mol. The normalized spacial score (nSPS) is 12.0. The van der Waals surface area contributed by atoms with Crippen LogP contribution in [-0.4, -0.2) is 27.1 Å². The predicted octanol–water partition coefficient (Wildman–Crippen LogP) is 1.62. The highest BCUT2D eigenvalue weighted by Crippen LogP contribution is 2.30. The standard InChI is InChI=1S/C16H15N5OS/c17-13(14(18)22)9-10-2-1-3-12(8-10)16-21-20-15(23-16)11-4-6-19-7-5-11/h1-8,13H,9,17H2,(H2,18,22). The maximum Gasteiger partial charge on any atom is 0.234 e. The Labute approximate surface area is 137 Å². The Morgan fingerprint density at radius 2 is 1.78 bits per heavy atom. The Morgan fingerprint density at radius 1 is 1.09 bits per heavy atom. The maximum atomic E-state index is 11.1. The number of carbonyl (C=O) groups is 1. The van der Waals surface area contributed by atoms with Crippen LogP contribution in [0.25, 0.3) is 21.1 Å². The highest BCUT2D eigenvalue weighted by atomic mass is 32.1. The summed E-state index contributed by atoms with van der Waals surface area (Å²) in [5.41, 5.74) is 13.8. The minimum absolute atomic E-state index is 0.402. The lowest BCUT2D eigenvalue weighted by Crippen LogP contribution is -2.38. The minimum Gasteiger partial charge on any atom is -0.368 e. The third kappa shape index (κ3) is 3.58. The number of benzene rings is 1. The first-order valence-corrected chi connectivity index (χ1v) is 7.83. The van der Waals surface area contributed by atoms with E-state index in [4.69, 9.17) is 11.5 Å². The molecule has 0 aliphatic rings. The zero-order valence-electron chi connectivity index (χ0n) is 12.2. The highest BCUT2D eigenvalue weighted by Gasteiger charge is 2.12. The fourth-order valence-corrected chi connectivity index (χ4v) is 2.98. The van der Waals surface area contributed by atoms with E-state index in [-0.39, 0.29) is 0 Å². The zero-order chi connectivity index (χ0) is 16.2. The van der Waals surface area contributed by atoms with Crippen molar-refractivity contribution in [3.05, 3.63) is 54.4 Å². The van der Waals surface area contributed by atoms with Crippen molar-refractivity contribution in [2.75, 3.05) is 0 Å². The number of amides is 1. The van der Waals surface area contributed by atoms with Crippen LogP contribution < -0.4 is 11.5 Å². The molecular formula is C16H15N5OS. The summed E-state index contributed by atoms with van der Waals surface area (Å²) < 4.78 is 0. The molecular weight excluding hydrogens is 310 g/mol. The number of hydrogen-bond acceptors (Lipinski definition) is 6. The lowest BCUT2D eigenvalue weighted by Gasteiger charge is -2.08. The number of aromatic nitrogens is 3. The SMILES string of the molecule is NC(=O)C(N)Cc1cccc(-c2nnc(-c3ccncc3)s2)c1. The number of rotatable bonds is 5. The van der Waals surface area contributed by atoms with Crippen molar-refractivity contribution < 1.29 is 4.79 Å². The van der Waals surface area contributed by atoms with Crippen LogP contribution in [0.1, 0.15) is 5.56 Å². The smallest absolute Gasteiger partial charge is 0.234 e. The summed E-state index contributed by atoms with van der Waals surface area (Å²) in [5, 5.41) is 10.1. The van der Waals surface area contributed by atoms with Gasteiger partial charge >= 0.3 is 0 Å². The molecule has 0 fully saturated rings. The molecule has 1 aromatic carbocycles. The van der Waals surface area contributed by atoms with Crippen LogP contribution in [0.5, 0.6) is 0 Å². The van der Waals surface area contributed by atoms with E-state index in [0.717, 1.165) is 26.7 Å². The van der Waals surface area contributed by atoms with Gasteiger partial charge in [0, 0.05) is 23.5 Å². The molecule has 0 bridgehead atoms. The Balaban J connectivity index is 1.85. The van der Waals surface area contributed by atoms with Crippen molar-refractivity contribution in [1.29, 1.82) is 0 Å². The molecule has 0 radical (unpaired) electrons. The molecule has 2 aromatic heterocycles. The van der Waals surface area contributed by atoms with Gasteiger partial charge in [0.1, 0.15) is 10.0 Å². The van der Waals surface area contributed by atoms with E-state index in [9.17, 15) is 4.79 Å². The maximum absolute atomic E-state index is 11.1. The second-order valence-corrected chi connectivity index (χ2v) is 6.04. The Hall–Kier alpha value is -2.64. The summed E-state index contributed by atoms with van der Waals surface area (Å²) in [6.07, 6.45) is 3.85. The molecule has 0 saturated heterocycles. The molecule has 23 heavy (non-hydrogen) atoms. The van der Waals surface area contributed by atoms with Gasteiger partial charge in [-0.1, -0.05) is 29.5 Å². The summed E-state index contributed by atoms with van der Waals surface area (Å²) >= 11 is 1.50. The van der Waals surface area contributed by atoms with E-state index in [1.54, 1.807) is 12.4 Å². The van der Waals surface area contributed by atoms with Crippen LogP contribution in [0, 0.1) is 0 Å². The second kappa shape index (κ2) is 6.64. The van der Waals surface area contributed by atoms with Crippen molar-refractivity contribution in [1.82, 2.24) is 15.2 Å². The molecule has 116 valence electrons. The molecule has 1 amide bonds. The average Bonchev–Trinajstić information content (AvgIpc) is 3.06. The van der Waals surface area contributed by atoms with Crippen LogP contribution in [0.4, 0.5) is 0 Å². The van der Waals surface area contributed by atoms with Gasteiger partial charge in [-0.25, -0.2) is 0 Å². The molecule has 0 spiro atoms. The first-order valence-electron chi connectivity index (χ1n) is 7.01. The minimum atomic E-state index is -0.688. The molecule has 1 atom stereocenters. The van der Waals surface area contributed by atoms with Crippen LogP contribution in [0.3, 0.4) is 0 Å². The lowest BCUT2D eigenvalue weighted by atomic mass is 10.0. The van der Waals surface area contributed by atoms with Gasteiger partial charge in [0.05, 0.1) is 6.04 Å². The highest BCUT2D eigenvalue weighted by molar-refractivity contribution is 7.17. The largest absolute Gasteiger partial charge is 0.368 e. The van der Waals surface area contributed by atoms with Crippen molar-refractivity contribution in [3.8, 4) is 21.1 Å². The fourth-order valence-electron chi connectivity index (χ4n) is 2.14. The molecule has 2 heterocycles. The van der Waals surface area contributed by atoms with Gasteiger partial charge in [-0.3, -0.25) is 9.78 Å². The summed E-state index contributed by atoms with van der Waals surface area (Å²) in [6.45, 7) is 0. The molecule has 4 N–H and O–H groups in total. The molecule has 1 unspecified atom stereocenters. The van der Waals surface area contributed by atoms with Gasteiger partial charge in [0.2, 0.25) is 5.91 Å². The van der Waals surface area contributed by atoms with Gasteiger partial charge in [-0.05, 0) is 30.2 Å². The van der Waals surface area contributed by atoms with Crippen molar-refractivity contribution in [2.24, 2.45) is 11.5 Å². The first kappa shape index (κ1) is 15.3. The Kier molecular flexibility index (Phi) is 4.40. The van der Waals surface area contributed by atoms with Gasteiger partial charge in [0.15, 0.2) is 0 Å². The van der Waals surface area contributed by atoms with Crippen LogP contribution in [0.15, 0.2) is 48.8 Å². The van der Waals surface area contributed by atoms with E-state index >= 15 is 0 Å². The van der Waals surface area contributed by atoms with Crippen LogP contribution >= 0.6 is 11.3 Å². The van der Waals surface area contributed by atoms with Gasteiger partial charge in [-0.15, -0.1) is 10.2 Å². The van der Waals surface area contributed by atoms with Crippen molar-refractivity contribution >= 4 is 17.2 Å². The zero-order valence-corrected chi connectivity index (χ0v) is 13.0. The van der Waals surface area contributed by atoms with E-state index < -0.39 is 11.9 Å². The Morgan fingerprint density at radius 3 is 2.48 bits per heavy atom. The summed E-state index contributed by atoms with van der Waals surface area (Å²) in [7, 11) is 0. The number of nitrogens with two attached hydrogens (primary N) is 2. The second-order valence-electron chi connectivity index (χ2n) is 5.06. The predicted molar refractivity (Wildman–Crippen MR) is 89.4 cm³/mol. The number of primary amides is 1. The van der Waals surface area contributed by atoms with E-state index in [1.165, 1.54) is 11.3 Å². The van der Waals surface area contributed by atoms with Gasteiger partial charge in [-0.2, -0.15) is 0 Å². The van der Waals surface area contributed by atoms with Crippen molar-refractivity contribution in [2.45, 2.75) is 12.5 Å². The van der Waals surface area contributed by atoms with E-state index in [0.29, 0.717) is 6.42 Å². The third-order valence-electron chi connectivity index (χ3n) is 3.35. The topological polar surface area (TPSA) is 108 Å². The molecule has 3 aromatic rings. The summed E-state index contributed by atoms with van der Waals surface area (Å²) in [4.78, 5) is 15.1. The van der Waals surface area contributed by atoms with Crippen LogP contribution in [0.2, 0.25) is 0 Å². The number of pyridine rings is 1. The molecule has 3 rings (SSSR count). The van der Waals surface area contributed by atoms with Gasteiger partial charge in [0.25, 0.3) is 0 Å². The molecule has 6 nitrogen and oxygen atoms in total. The Bertz CT molecular complexity index is 818. The third-order valence-corrected chi connectivity index (χ3v) is 4.37. The van der Waals surface area contributed by atoms with Crippen molar-refractivity contribution in [3.63, 3.8) is 0 Å². The average molecular weight is 325 g/mol. The molecule has 0 aliphatic carbocycles. The van der Waals surface area contributed by atoms with Gasteiger partial charge < -0.3 is 11.5 Å². The molecule has 0 saturated carbocycles. The van der Waals surface area contributed by atoms with E-state index in [2.05, 4.69) is 15.2 Å². The fraction of sp³-hybridized carbons (Fsp3) is 0.125. The van der Waals surface area contributed by atoms with Crippen LogP contribution in [-0.2, 0) is 11.2 Å². The first-order chi connectivity index (χ1) is 11.1.